The molecule has 0 spiro atoms. The third kappa shape index (κ3) is 3.27. The summed E-state index contributed by atoms with van der Waals surface area (Å²) < 4.78 is 13.8. The Hall–Kier alpha value is -1.53. The van der Waals surface area contributed by atoms with Gasteiger partial charge >= 0.3 is 0 Å². The van der Waals surface area contributed by atoms with Gasteiger partial charge in [-0.25, -0.2) is 9.37 Å². The van der Waals surface area contributed by atoms with Crippen LogP contribution in [0.15, 0.2) is 29.0 Å². The van der Waals surface area contributed by atoms with Crippen molar-refractivity contribution in [1.82, 2.24) is 9.97 Å². The largest absolute Gasteiger partial charge is 0.320 e. The zero-order chi connectivity index (χ0) is 14.0. The van der Waals surface area contributed by atoms with Crippen LogP contribution in [0.1, 0.15) is 16.1 Å². The lowest BCUT2D eigenvalue weighted by Crippen LogP contribution is -2.15. The van der Waals surface area contributed by atoms with Gasteiger partial charge in [0, 0.05) is 5.69 Å². The summed E-state index contributed by atoms with van der Waals surface area (Å²) in [6.07, 6.45) is 2.61. The van der Waals surface area contributed by atoms with E-state index >= 15 is 0 Å². The van der Waals surface area contributed by atoms with Crippen molar-refractivity contribution in [2.24, 2.45) is 0 Å². The van der Waals surface area contributed by atoms with Crippen molar-refractivity contribution in [2.45, 2.75) is 6.92 Å². The van der Waals surface area contributed by atoms with Crippen molar-refractivity contribution < 1.29 is 9.18 Å². The van der Waals surface area contributed by atoms with E-state index in [0.29, 0.717) is 10.2 Å². The molecular weight excluding hydrogens is 337 g/mol. The molecule has 2 rings (SSSR count). The van der Waals surface area contributed by atoms with Gasteiger partial charge in [-0.1, -0.05) is 11.6 Å². The highest BCUT2D eigenvalue weighted by Crippen LogP contribution is 2.24. The number of aromatic nitrogens is 2. The molecule has 0 saturated carbocycles. The van der Waals surface area contributed by atoms with Gasteiger partial charge in [-0.2, -0.15) is 0 Å². The van der Waals surface area contributed by atoms with Gasteiger partial charge in [0.15, 0.2) is 0 Å². The Balaban J connectivity index is 2.27. The van der Waals surface area contributed by atoms with Gasteiger partial charge in [0.1, 0.15) is 16.7 Å². The highest BCUT2D eigenvalue weighted by molar-refractivity contribution is 9.10. The van der Waals surface area contributed by atoms with Crippen molar-refractivity contribution in [1.29, 1.82) is 0 Å². The molecule has 0 radical (unpaired) electrons. The molecule has 0 bridgehead atoms. The number of nitrogens with one attached hydrogen (secondary N) is 1. The standard InChI is InChI=1S/C12H8BrClFN3O/c1-6-2-7(13)8(15)3-9(6)18-12(19)10-4-16-5-11(14)17-10/h2-5H,1H3,(H,18,19). The number of hydrogen-bond donors (Lipinski definition) is 1. The summed E-state index contributed by atoms with van der Waals surface area (Å²) >= 11 is 8.72. The summed E-state index contributed by atoms with van der Waals surface area (Å²) in [6, 6.07) is 2.81. The Kier molecular flexibility index (Phi) is 4.11. The van der Waals surface area contributed by atoms with Crippen LogP contribution in [0, 0.1) is 12.7 Å². The van der Waals surface area contributed by atoms with Crippen LogP contribution in [-0.2, 0) is 0 Å². The van der Waals surface area contributed by atoms with E-state index in [4.69, 9.17) is 11.6 Å². The Bertz CT molecular complexity index is 651. The van der Waals surface area contributed by atoms with E-state index in [9.17, 15) is 9.18 Å². The molecule has 0 saturated heterocycles. The minimum Gasteiger partial charge on any atom is -0.320 e. The molecule has 0 aliphatic carbocycles. The number of nitrogens with zero attached hydrogens (tertiary/aromatic N) is 2. The normalized spacial score (nSPS) is 10.3. The maximum Gasteiger partial charge on any atom is 0.275 e. The van der Waals surface area contributed by atoms with Gasteiger partial charge in [0.2, 0.25) is 0 Å². The lowest BCUT2D eigenvalue weighted by atomic mass is 10.2. The van der Waals surface area contributed by atoms with Crippen LogP contribution in [0.5, 0.6) is 0 Å². The summed E-state index contributed by atoms with van der Waals surface area (Å²) in [6.45, 7) is 1.75. The molecule has 1 aromatic heterocycles. The lowest BCUT2D eigenvalue weighted by Gasteiger charge is -2.09. The Labute approximate surface area is 122 Å². The molecular formula is C12H8BrClFN3O. The second-order valence-corrected chi connectivity index (χ2v) is 5.00. The van der Waals surface area contributed by atoms with E-state index in [1.54, 1.807) is 13.0 Å². The Morgan fingerprint density at radius 2 is 2.16 bits per heavy atom. The molecule has 0 aliphatic rings. The number of rotatable bonds is 2. The molecule has 0 aliphatic heterocycles. The first-order chi connectivity index (χ1) is 8.97. The molecule has 1 aromatic carbocycles. The lowest BCUT2D eigenvalue weighted by molar-refractivity contribution is 0.102. The van der Waals surface area contributed by atoms with E-state index in [-0.39, 0.29) is 10.8 Å². The molecule has 1 heterocycles. The maximum atomic E-state index is 13.4. The fourth-order valence-electron chi connectivity index (χ4n) is 1.42. The Morgan fingerprint density at radius 1 is 1.42 bits per heavy atom. The van der Waals surface area contributed by atoms with Gasteiger partial charge in [-0.05, 0) is 40.5 Å². The number of benzene rings is 1. The zero-order valence-corrected chi connectivity index (χ0v) is 12.1. The number of halogens is 3. The van der Waals surface area contributed by atoms with E-state index in [2.05, 4.69) is 31.2 Å². The molecule has 1 amide bonds. The average molecular weight is 345 g/mol. The minimum absolute atomic E-state index is 0.0650. The fraction of sp³-hybridized carbons (Fsp3) is 0.0833. The van der Waals surface area contributed by atoms with Crippen LogP contribution >= 0.6 is 27.5 Å². The summed E-state index contributed by atoms with van der Waals surface area (Å²) in [5, 5.41) is 2.68. The van der Waals surface area contributed by atoms with Crippen molar-refractivity contribution in [2.75, 3.05) is 5.32 Å². The highest BCUT2D eigenvalue weighted by Gasteiger charge is 2.12. The van der Waals surface area contributed by atoms with Crippen LogP contribution in [-0.4, -0.2) is 15.9 Å². The molecule has 19 heavy (non-hydrogen) atoms. The first-order valence-electron chi connectivity index (χ1n) is 5.22. The minimum atomic E-state index is -0.500. The number of aryl methyl sites for hydroxylation is 1. The van der Waals surface area contributed by atoms with Crippen molar-refractivity contribution in [3.8, 4) is 0 Å². The van der Waals surface area contributed by atoms with E-state index < -0.39 is 11.7 Å². The van der Waals surface area contributed by atoms with Gasteiger partial charge in [0.05, 0.1) is 16.9 Å². The summed E-state index contributed by atoms with van der Waals surface area (Å²) in [7, 11) is 0. The van der Waals surface area contributed by atoms with Crippen LogP contribution in [0.2, 0.25) is 5.15 Å². The van der Waals surface area contributed by atoms with Gasteiger partial charge < -0.3 is 5.32 Å². The number of carbonyl (C=O) groups excluding carboxylic acids is 1. The van der Waals surface area contributed by atoms with Crippen LogP contribution < -0.4 is 5.32 Å². The number of carbonyl (C=O) groups is 1. The predicted octanol–water partition coefficient (Wildman–Crippen LogP) is 3.59. The summed E-state index contributed by atoms with van der Waals surface area (Å²) in [5.74, 6) is -0.960. The van der Waals surface area contributed by atoms with E-state index in [1.165, 1.54) is 18.5 Å². The van der Waals surface area contributed by atoms with Crippen LogP contribution in [0.3, 0.4) is 0 Å². The Morgan fingerprint density at radius 3 is 2.84 bits per heavy atom. The summed E-state index contributed by atoms with van der Waals surface area (Å²) in [5.41, 5.74) is 1.15. The van der Waals surface area contributed by atoms with Crippen LogP contribution in [0.4, 0.5) is 10.1 Å². The smallest absolute Gasteiger partial charge is 0.275 e. The third-order valence-electron chi connectivity index (χ3n) is 2.35. The zero-order valence-electron chi connectivity index (χ0n) is 9.75. The third-order valence-corrected chi connectivity index (χ3v) is 3.14. The topological polar surface area (TPSA) is 54.9 Å². The molecule has 0 unspecified atom stereocenters. The highest BCUT2D eigenvalue weighted by atomic mass is 79.9. The molecule has 0 atom stereocenters. The number of hydrogen-bond acceptors (Lipinski definition) is 3. The first kappa shape index (κ1) is 13.9. The van der Waals surface area contributed by atoms with Crippen molar-refractivity contribution in [3.05, 3.63) is 51.2 Å². The molecule has 0 fully saturated rings. The SMILES string of the molecule is Cc1cc(Br)c(F)cc1NC(=O)c1cncc(Cl)n1. The molecule has 4 nitrogen and oxygen atoms in total. The second kappa shape index (κ2) is 5.63. The van der Waals surface area contributed by atoms with Crippen molar-refractivity contribution in [3.63, 3.8) is 0 Å². The first-order valence-corrected chi connectivity index (χ1v) is 6.39. The van der Waals surface area contributed by atoms with E-state index in [1.807, 2.05) is 0 Å². The molecule has 7 heteroatoms. The van der Waals surface area contributed by atoms with Crippen molar-refractivity contribution >= 4 is 39.1 Å². The fourth-order valence-corrected chi connectivity index (χ4v) is 2.02. The number of anilines is 1. The molecule has 1 N–H and O–H groups in total. The molecule has 98 valence electrons. The summed E-state index contributed by atoms with van der Waals surface area (Å²) in [4.78, 5) is 19.5. The van der Waals surface area contributed by atoms with E-state index in [0.717, 1.165) is 5.56 Å². The second-order valence-electron chi connectivity index (χ2n) is 3.76. The maximum absolute atomic E-state index is 13.4. The molecule has 2 aromatic rings. The monoisotopic (exact) mass is 343 g/mol. The van der Waals surface area contributed by atoms with Gasteiger partial charge in [-0.3, -0.25) is 9.78 Å². The quantitative estimate of drug-likeness (QED) is 0.906. The van der Waals surface area contributed by atoms with Gasteiger partial charge in [-0.15, -0.1) is 0 Å². The van der Waals surface area contributed by atoms with Gasteiger partial charge in [0.25, 0.3) is 5.91 Å². The number of amides is 1. The predicted molar refractivity (Wildman–Crippen MR) is 73.8 cm³/mol. The average Bonchev–Trinajstić information content (AvgIpc) is 2.36. The van der Waals surface area contributed by atoms with Crippen LogP contribution in [0.25, 0.3) is 0 Å².